The smallest absolute Gasteiger partial charge is 0.320 e. The number of amides is 2. The molecule has 2 aliphatic rings. The van der Waals surface area contributed by atoms with Gasteiger partial charge >= 0.3 is 12.0 Å². The minimum atomic E-state index is -0.759. The minimum absolute atomic E-state index is 0.163. The monoisotopic (exact) mass is 297 g/mol. The van der Waals surface area contributed by atoms with Crippen molar-refractivity contribution in [2.75, 3.05) is 45.8 Å². The third-order valence-electron chi connectivity index (χ3n) is 4.72. The predicted molar refractivity (Wildman–Crippen MR) is 80.2 cm³/mol. The van der Waals surface area contributed by atoms with Gasteiger partial charge in [-0.1, -0.05) is 13.8 Å². The summed E-state index contributed by atoms with van der Waals surface area (Å²) in [5.41, 5.74) is 0. The highest BCUT2D eigenvalue weighted by atomic mass is 16.4. The van der Waals surface area contributed by atoms with Crippen molar-refractivity contribution in [1.82, 2.24) is 14.7 Å². The number of carboxylic acid groups (broad SMARTS) is 1. The number of nitrogens with zero attached hydrogens (tertiary/aromatic N) is 3. The van der Waals surface area contributed by atoms with E-state index in [0.717, 1.165) is 32.6 Å². The number of urea groups is 1. The first-order valence-electron chi connectivity index (χ1n) is 7.95. The number of hydrogen-bond donors (Lipinski definition) is 1. The van der Waals surface area contributed by atoms with Gasteiger partial charge in [-0.3, -0.25) is 9.69 Å². The van der Waals surface area contributed by atoms with E-state index in [4.69, 9.17) is 5.11 Å². The summed E-state index contributed by atoms with van der Waals surface area (Å²) < 4.78 is 0. The lowest BCUT2D eigenvalue weighted by molar-refractivity contribution is -0.137. The Morgan fingerprint density at radius 1 is 1.10 bits per heavy atom. The molecule has 1 unspecified atom stereocenters. The van der Waals surface area contributed by atoms with Gasteiger partial charge in [-0.05, 0) is 18.3 Å². The van der Waals surface area contributed by atoms with Crippen LogP contribution >= 0.6 is 0 Å². The molecule has 1 N–H and O–H groups in total. The predicted octanol–water partition coefficient (Wildman–Crippen LogP) is 1.18. The quantitative estimate of drug-likeness (QED) is 0.846. The topological polar surface area (TPSA) is 64.1 Å². The number of likely N-dealkylation sites (tertiary alicyclic amines) is 1. The fourth-order valence-corrected chi connectivity index (χ4v) is 3.12. The second-order valence-electron chi connectivity index (χ2n) is 6.49. The second-order valence-corrected chi connectivity index (χ2v) is 6.49. The van der Waals surface area contributed by atoms with Crippen molar-refractivity contribution >= 4 is 12.0 Å². The number of hydrogen-bond acceptors (Lipinski definition) is 3. The van der Waals surface area contributed by atoms with Crippen LogP contribution in [0.4, 0.5) is 4.79 Å². The molecule has 6 heteroatoms. The molecule has 2 aliphatic heterocycles. The lowest BCUT2D eigenvalue weighted by Gasteiger charge is -2.36. The standard InChI is InChI=1S/C15H27N3O3/c1-12(2)13-3-6-18(11-13)15(21)17-9-7-16(8-10-17)5-4-14(19)20/h12-13H,3-11H2,1-2H3,(H,19,20). The normalized spacial score (nSPS) is 23.9. The highest BCUT2D eigenvalue weighted by Crippen LogP contribution is 2.24. The van der Waals surface area contributed by atoms with E-state index < -0.39 is 5.97 Å². The summed E-state index contributed by atoms with van der Waals surface area (Å²) in [5.74, 6) is 0.506. The van der Waals surface area contributed by atoms with E-state index in [1.54, 1.807) is 0 Å². The number of carboxylic acids is 1. The Morgan fingerprint density at radius 2 is 1.76 bits per heavy atom. The molecule has 0 saturated carbocycles. The van der Waals surface area contributed by atoms with Gasteiger partial charge < -0.3 is 14.9 Å². The Balaban J connectivity index is 1.74. The summed E-state index contributed by atoms with van der Waals surface area (Å²) >= 11 is 0. The van der Waals surface area contributed by atoms with Gasteiger partial charge in [-0.2, -0.15) is 0 Å². The Kier molecular flexibility index (Phi) is 5.45. The number of aliphatic carboxylic acids is 1. The summed E-state index contributed by atoms with van der Waals surface area (Å²) in [6, 6.07) is 0.163. The molecule has 2 fully saturated rings. The maximum atomic E-state index is 12.5. The summed E-state index contributed by atoms with van der Waals surface area (Å²) in [5, 5.41) is 8.70. The van der Waals surface area contributed by atoms with Gasteiger partial charge in [0.25, 0.3) is 0 Å². The molecule has 2 amide bonds. The average molecular weight is 297 g/mol. The van der Waals surface area contributed by atoms with E-state index in [2.05, 4.69) is 18.7 Å². The molecule has 0 aromatic heterocycles. The molecule has 6 nitrogen and oxygen atoms in total. The minimum Gasteiger partial charge on any atom is -0.481 e. The molecule has 2 rings (SSSR count). The molecule has 0 bridgehead atoms. The van der Waals surface area contributed by atoms with E-state index in [-0.39, 0.29) is 12.5 Å². The van der Waals surface area contributed by atoms with E-state index in [9.17, 15) is 9.59 Å². The van der Waals surface area contributed by atoms with Crippen molar-refractivity contribution in [3.63, 3.8) is 0 Å². The molecule has 0 aliphatic carbocycles. The summed E-state index contributed by atoms with van der Waals surface area (Å²) in [4.78, 5) is 29.1. The molecule has 120 valence electrons. The maximum Gasteiger partial charge on any atom is 0.320 e. The van der Waals surface area contributed by atoms with Crippen molar-refractivity contribution < 1.29 is 14.7 Å². The first kappa shape index (κ1) is 16.1. The van der Waals surface area contributed by atoms with Gasteiger partial charge in [0.1, 0.15) is 0 Å². The highest BCUT2D eigenvalue weighted by Gasteiger charge is 2.31. The fraction of sp³-hybridized carbons (Fsp3) is 0.867. The van der Waals surface area contributed by atoms with Crippen LogP contribution in [0.1, 0.15) is 26.7 Å². The zero-order valence-electron chi connectivity index (χ0n) is 13.1. The first-order chi connectivity index (χ1) is 9.97. The van der Waals surface area contributed by atoms with E-state index in [0.29, 0.717) is 31.5 Å². The van der Waals surface area contributed by atoms with E-state index in [1.807, 2.05) is 9.80 Å². The van der Waals surface area contributed by atoms with Gasteiger partial charge in [0.2, 0.25) is 0 Å². The molecule has 21 heavy (non-hydrogen) atoms. The number of carbonyl (C=O) groups excluding carboxylic acids is 1. The van der Waals surface area contributed by atoms with Crippen molar-refractivity contribution in [3.8, 4) is 0 Å². The molecule has 0 aromatic carbocycles. The van der Waals surface area contributed by atoms with E-state index >= 15 is 0 Å². The third-order valence-corrected chi connectivity index (χ3v) is 4.72. The Bertz CT molecular complexity index is 378. The van der Waals surface area contributed by atoms with Gasteiger partial charge in [0.15, 0.2) is 0 Å². The third kappa shape index (κ3) is 4.33. The van der Waals surface area contributed by atoms with Crippen molar-refractivity contribution in [2.24, 2.45) is 11.8 Å². The largest absolute Gasteiger partial charge is 0.481 e. The van der Waals surface area contributed by atoms with Crippen LogP contribution in [0.25, 0.3) is 0 Å². The van der Waals surface area contributed by atoms with Gasteiger partial charge in [-0.15, -0.1) is 0 Å². The first-order valence-corrected chi connectivity index (χ1v) is 7.95. The Hall–Kier alpha value is -1.30. The summed E-state index contributed by atoms with van der Waals surface area (Å²) in [6.07, 6.45) is 1.29. The second kappa shape index (κ2) is 7.11. The molecule has 0 radical (unpaired) electrons. The maximum absolute atomic E-state index is 12.5. The number of rotatable bonds is 4. The molecule has 0 spiro atoms. The summed E-state index contributed by atoms with van der Waals surface area (Å²) in [6.45, 7) is 9.76. The molecular weight excluding hydrogens is 270 g/mol. The zero-order chi connectivity index (χ0) is 15.4. The van der Waals surface area contributed by atoms with Gasteiger partial charge in [0, 0.05) is 45.8 Å². The highest BCUT2D eigenvalue weighted by molar-refractivity contribution is 5.75. The molecule has 1 atom stereocenters. The van der Waals surface area contributed by atoms with Crippen LogP contribution in [-0.2, 0) is 4.79 Å². The Labute approximate surface area is 126 Å². The number of carbonyl (C=O) groups is 2. The molecule has 2 saturated heterocycles. The summed E-state index contributed by atoms with van der Waals surface area (Å²) in [7, 11) is 0. The van der Waals surface area contributed by atoms with Gasteiger partial charge in [0.05, 0.1) is 6.42 Å². The molecular formula is C15H27N3O3. The van der Waals surface area contributed by atoms with Crippen LogP contribution in [0.2, 0.25) is 0 Å². The van der Waals surface area contributed by atoms with Crippen LogP contribution < -0.4 is 0 Å². The lowest BCUT2D eigenvalue weighted by Crippen LogP contribution is -2.52. The fourth-order valence-electron chi connectivity index (χ4n) is 3.12. The molecule has 0 aromatic rings. The van der Waals surface area contributed by atoms with Gasteiger partial charge in [-0.25, -0.2) is 4.79 Å². The van der Waals surface area contributed by atoms with Crippen LogP contribution in [0.15, 0.2) is 0 Å². The van der Waals surface area contributed by atoms with Crippen LogP contribution in [-0.4, -0.2) is 77.6 Å². The Morgan fingerprint density at radius 3 is 2.29 bits per heavy atom. The number of piperazine rings is 1. The SMILES string of the molecule is CC(C)C1CCN(C(=O)N2CCN(CCC(=O)O)CC2)C1. The lowest BCUT2D eigenvalue weighted by atomic mass is 9.95. The van der Waals surface area contributed by atoms with Crippen LogP contribution in [0.5, 0.6) is 0 Å². The van der Waals surface area contributed by atoms with Crippen LogP contribution in [0, 0.1) is 11.8 Å². The zero-order valence-corrected chi connectivity index (χ0v) is 13.1. The molecule has 2 heterocycles. The van der Waals surface area contributed by atoms with Crippen molar-refractivity contribution in [1.29, 1.82) is 0 Å². The van der Waals surface area contributed by atoms with Crippen LogP contribution in [0.3, 0.4) is 0 Å². The average Bonchev–Trinajstić information content (AvgIpc) is 2.95. The van der Waals surface area contributed by atoms with Crippen molar-refractivity contribution in [2.45, 2.75) is 26.7 Å². The van der Waals surface area contributed by atoms with E-state index in [1.165, 1.54) is 0 Å². The van der Waals surface area contributed by atoms with Crippen molar-refractivity contribution in [3.05, 3.63) is 0 Å².